The van der Waals surface area contributed by atoms with E-state index in [-0.39, 0.29) is 12.5 Å². The second-order valence-corrected chi connectivity index (χ2v) is 4.45. The van der Waals surface area contributed by atoms with Crippen LogP contribution in [0.3, 0.4) is 0 Å². The third-order valence-corrected chi connectivity index (χ3v) is 2.91. The number of amides is 1. The van der Waals surface area contributed by atoms with Crippen molar-refractivity contribution in [2.24, 2.45) is 5.73 Å². The van der Waals surface area contributed by atoms with E-state index in [4.69, 9.17) is 10.8 Å². The van der Waals surface area contributed by atoms with E-state index in [1.807, 2.05) is 12.1 Å². The highest BCUT2D eigenvalue weighted by Crippen LogP contribution is 2.08. The van der Waals surface area contributed by atoms with E-state index in [2.05, 4.69) is 18.8 Å². The fourth-order valence-corrected chi connectivity index (χ4v) is 1.82. The molecule has 0 saturated carbocycles. The molecule has 0 spiro atoms. The van der Waals surface area contributed by atoms with Crippen LogP contribution in [-0.2, 0) is 0 Å². The van der Waals surface area contributed by atoms with Crippen LogP contribution in [0.4, 0.5) is 0 Å². The fourth-order valence-electron chi connectivity index (χ4n) is 1.82. The summed E-state index contributed by atoms with van der Waals surface area (Å²) in [5.74, 6) is 5.64. The Morgan fingerprint density at radius 3 is 2.55 bits per heavy atom. The lowest BCUT2D eigenvalue weighted by Gasteiger charge is -2.21. The normalized spacial score (nSPS) is 9.75. The quantitative estimate of drug-likeness (QED) is 0.767. The highest BCUT2D eigenvalue weighted by molar-refractivity contribution is 5.94. The highest BCUT2D eigenvalue weighted by Gasteiger charge is 2.14. The van der Waals surface area contributed by atoms with Crippen molar-refractivity contribution in [2.45, 2.75) is 19.8 Å². The van der Waals surface area contributed by atoms with Gasteiger partial charge in [-0.1, -0.05) is 25.2 Å². The van der Waals surface area contributed by atoms with E-state index in [0.717, 1.165) is 18.4 Å². The van der Waals surface area contributed by atoms with Gasteiger partial charge in [-0.05, 0) is 30.7 Å². The standard InChI is InChI=1S/C16H22N2O2/c1-2-3-11-18(12-13-19)16(20)15-8-6-14(7-9-15)5-4-10-17/h6-9,19H,2-3,10-13,17H2,1H3. The maximum Gasteiger partial charge on any atom is 0.253 e. The Hall–Kier alpha value is -1.83. The Labute approximate surface area is 120 Å². The first-order chi connectivity index (χ1) is 9.72. The number of aliphatic hydroxyl groups is 1. The molecule has 4 heteroatoms. The van der Waals surface area contributed by atoms with Crippen LogP contribution in [0, 0.1) is 11.8 Å². The Morgan fingerprint density at radius 2 is 2.00 bits per heavy atom. The Morgan fingerprint density at radius 1 is 1.30 bits per heavy atom. The van der Waals surface area contributed by atoms with E-state index in [0.29, 0.717) is 25.2 Å². The van der Waals surface area contributed by atoms with Crippen molar-refractivity contribution in [3.05, 3.63) is 35.4 Å². The van der Waals surface area contributed by atoms with Gasteiger partial charge in [0.25, 0.3) is 5.91 Å². The molecule has 0 aromatic heterocycles. The van der Waals surface area contributed by atoms with E-state index < -0.39 is 0 Å². The average Bonchev–Trinajstić information content (AvgIpc) is 2.49. The van der Waals surface area contributed by atoms with Crippen molar-refractivity contribution >= 4 is 5.91 Å². The van der Waals surface area contributed by atoms with Crippen LogP contribution in [0.1, 0.15) is 35.7 Å². The molecule has 1 amide bonds. The van der Waals surface area contributed by atoms with Crippen LogP contribution in [-0.4, -0.2) is 42.2 Å². The van der Waals surface area contributed by atoms with Crippen molar-refractivity contribution in [3.8, 4) is 11.8 Å². The molecule has 1 rings (SSSR count). The third kappa shape index (κ3) is 5.04. The highest BCUT2D eigenvalue weighted by atomic mass is 16.3. The number of carbonyl (C=O) groups is 1. The summed E-state index contributed by atoms with van der Waals surface area (Å²) in [5.41, 5.74) is 6.78. The summed E-state index contributed by atoms with van der Waals surface area (Å²) in [6.07, 6.45) is 1.95. The van der Waals surface area contributed by atoms with E-state index in [9.17, 15) is 4.79 Å². The molecule has 0 aliphatic heterocycles. The Bertz CT molecular complexity index is 471. The lowest BCUT2D eigenvalue weighted by molar-refractivity contribution is 0.0719. The predicted molar refractivity (Wildman–Crippen MR) is 80.3 cm³/mol. The molecule has 3 N–H and O–H groups in total. The second-order valence-electron chi connectivity index (χ2n) is 4.45. The molecule has 1 aromatic carbocycles. The molecule has 0 heterocycles. The van der Waals surface area contributed by atoms with Crippen molar-refractivity contribution in [2.75, 3.05) is 26.2 Å². The summed E-state index contributed by atoms with van der Waals surface area (Å²) in [7, 11) is 0. The van der Waals surface area contributed by atoms with Gasteiger partial charge in [0.05, 0.1) is 13.2 Å². The number of benzene rings is 1. The molecular weight excluding hydrogens is 252 g/mol. The number of nitrogens with two attached hydrogens (primary N) is 1. The summed E-state index contributed by atoms with van der Waals surface area (Å²) in [4.78, 5) is 14.0. The third-order valence-electron chi connectivity index (χ3n) is 2.91. The maximum absolute atomic E-state index is 12.3. The van der Waals surface area contributed by atoms with Crippen LogP contribution >= 0.6 is 0 Å². The SMILES string of the molecule is CCCCN(CCO)C(=O)c1ccc(C#CCN)cc1. The number of hydrogen-bond acceptors (Lipinski definition) is 3. The van der Waals surface area contributed by atoms with Gasteiger partial charge in [-0.2, -0.15) is 0 Å². The number of carbonyl (C=O) groups excluding carboxylic acids is 1. The summed E-state index contributed by atoms with van der Waals surface area (Å²) >= 11 is 0. The Kier molecular flexibility index (Phi) is 7.41. The van der Waals surface area contributed by atoms with Crippen molar-refractivity contribution in [1.82, 2.24) is 4.90 Å². The van der Waals surface area contributed by atoms with Gasteiger partial charge in [0.1, 0.15) is 0 Å². The summed E-state index contributed by atoms with van der Waals surface area (Å²) in [5, 5.41) is 9.05. The van der Waals surface area contributed by atoms with Crippen LogP contribution in [0.25, 0.3) is 0 Å². The van der Waals surface area contributed by atoms with Gasteiger partial charge in [-0.3, -0.25) is 4.79 Å². The van der Waals surface area contributed by atoms with Gasteiger partial charge in [0.15, 0.2) is 0 Å². The van der Waals surface area contributed by atoms with E-state index >= 15 is 0 Å². The fraction of sp³-hybridized carbons (Fsp3) is 0.438. The van der Waals surface area contributed by atoms with Crippen LogP contribution in [0.15, 0.2) is 24.3 Å². The lowest BCUT2D eigenvalue weighted by Crippen LogP contribution is -2.34. The first kappa shape index (κ1) is 16.2. The van der Waals surface area contributed by atoms with Gasteiger partial charge in [0, 0.05) is 24.2 Å². The van der Waals surface area contributed by atoms with Crippen LogP contribution in [0.2, 0.25) is 0 Å². The molecule has 0 fully saturated rings. The molecule has 0 unspecified atom stereocenters. The minimum Gasteiger partial charge on any atom is -0.395 e. The molecule has 0 radical (unpaired) electrons. The van der Waals surface area contributed by atoms with Crippen molar-refractivity contribution in [3.63, 3.8) is 0 Å². The zero-order valence-corrected chi connectivity index (χ0v) is 11.9. The molecular formula is C16H22N2O2. The first-order valence-electron chi connectivity index (χ1n) is 6.92. The van der Waals surface area contributed by atoms with Crippen LogP contribution < -0.4 is 5.73 Å². The summed E-state index contributed by atoms with van der Waals surface area (Å²) in [6.45, 7) is 3.42. The number of aliphatic hydroxyl groups excluding tert-OH is 1. The van der Waals surface area contributed by atoms with E-state index in [1.54, 1.807) is 17.0 Å². The molecule has 1 aromatic rings. The molecule has 0 atom stereocenters. The minimum atomic E-state index is -0.0502. The summed E-state index contributed by atoms with van der Waals surface area (Å²) < 4.78 is 0. The molecule has 0 aliphatic carbocycles. The monoisotopic (exact) mass is 274 g/mol. The molecule has 0 bridgehead atoms. The topological polar surface area (TPSA) is 66.6 Å². The maximum atomic E-state index is 12.3. The molecule has 0 aliphatic rings. The second kappa shape index (κ2) is 9.13. The van der Waals surface area contributed by atoms with Gasteiger partial charge < -0.3 is 15.7 Å². The molecule has 20 heavy (non-hydrogen) atoms. The largest absolute Gasteiger partial charge is 0.395 e. The van der Waals surface area contributed by atoms with Gasteiger partial charge >= 0.3 is 0 Å². The molecule has 4 nitrogen and oxygen atoms in total. The van der Waals surface area contributed by atoms with Crippen molar-refractivity contribution < 1.29 is 9.90 Å². The Balaban J connectivity index is 2.77. The van der Waals surface area contributed by atoms with Crippen LogP contribution in [0.5, 0.6) is 0 Å². The number of unbranched alkanes of at least 4 members (excludes halogenated alkanes) is 1. The predicted octanol–water partition coefficient (Wildman–Crippen LogP) is 1.23. The van der Waals surface area contributed by atoms with Gasteiger partial charge in [-0.15, -0.1) is 0 Å². The smallest absolute Gasteiger partial charge is 0.253 e. The minimum absolute atomic E-state index is 0.0183. The number of nitrogens with zero attached hydrogens (tertiary/aromatic N) is 1. The zero-order chi connectivity index (χ0) is 14.8. The first-order valence-corrected chi connectivity index (χ1v) is 6.92. The van der Waals surface area contributed by atoms with Crippen molar-refractivity contribution in [1.29, 1.82) is 0 Å². The number of hydrogen-bond donors (Lipinski definition) is 2. The van der Waals surface area contributed by atoms with E-state index in [1.165, 1.54) is 0 Å². The molecule has 0 saturated heterocycles. The molecule has 108 valence electrons. The lowest BCUT2D eigenvalue weighted by atomic mass is 10.1. The summed E-state index contributed by atoms with van der Waals surface area (Å²) in [6, 6.07) is 7.15. The van der Waals surface area contributed by atoms with Gasteiger partial charge in [0.2, 0.25) is 0 Å². The number of rotatable bonds is 6. The van der Waals surface area contributed by atoms with Gasteiger partial charge in [-0.25, -0.2) is 0 Å². The zero-order valence-electron chi connectivity index (χ0n) is 11.9. The average molecular weight is 274 g/mol.